The van der Waals surface area contributed by atoms with Gasteiger partial charge in [0.2, 0.25) is 5.13 Å². The maximum absolute atomic E-state index is 14.0. The second kappa shape index (κ2) is 7.01. The van der Waals surface area contributed by atoms with Gasteiger partial charge in [-0.15, -0.1) is 21.5 Å². The minimum Gasteiger partial charge on any atom is -0.506 e. The van der Waals surface area contributed by atoms with Gasteiger partial charge in [0.05, 0.1) is 11.1 Å². The summed E-state index contributed by atoms with van der Waals surface area (Å²) >= 11 is 0.671. The highest BCUT2D eigenvalue weighted by molar-refractivity contribution is 7.17. The normalized spacial score (nSPS) is 18.1. The molecule has 4 rings (SSSR count). The number of aromatic hydroxyl groups is 1. The summed E-state index contributed by atoms with van der Waals surface area (Å²) in [6.07, 6.45) is 2.21. The molecule has 3 aromatic rings. The zero-order chi connectivity index (χ0) is 19.1. The lowest BCUT2D eigenvalue weighted by Crippen LogP contribution is -2.39. The number of hydrogen-bond acceptors (Lipinski definition) is 6. The van der Waals surface area contributed by atoms with Crippen molar-refractivity contribution in [1.29, 1.82) is 0 Å². The van der Waals surface area contributed by atoms with Crippen molar-refractivity contribution in [2.45, 2.75) is 25.8 Å². The Kier molecular flexibility index (Phi) is 4.69. The van der Waals surface area contributed by atoms with Gasteiger partial charge in [-0.2, -0.15) is 4.39 Å². The molecule has 5 nitrogen and oxygen atoms in total. The molecule has 1 aliphatic heterocycles. The van der Waals surface area contributed by atoms with E-state index in [1.165, 1.54) is 0 Å². The molecule has 0 bridgehead atoms. The van der Waals surface area contributed by atoms with Gasteiger partial charge in [0.15, 0.2) is 5.82 Å². The number of likely N-dealkylation sites (tertiary alicyclic amines) is 1. The lowest BCUT2D eigenvalue weighted by molar-refractivity contribution is 0.260. The molecule has 0 unspecified atom stereocenters. The summed E-state index contributed by atoms with van der Waals surface area (Å²) in [7, 11) is 2.10. The van der Waals surface area contributed by atoms with Crippen molar-refractivity contribution in [3.63, 3.8) is 0 Å². The largest absolute Gasteiger partial charge is 0.506 e. The van der Waals surface area contributed by atoms with E-state index in [1.54, 1.807) is 12.1 Å². The molecule has 1 atom stereocenters. The molecule has 0 aliphatic carbocycles. The van der Waals surface area contributed by atoms with Crippen LogP contribution < -0.4 is 5.32 Å². The molecular formula is C19H20F2N4OS. The second-order valence-corrected chi connectivity index (χ2v) is 8.03. The monoisotopic (exact) mass is 390 g/mol. The van der Waals surface area contributed by atoms with Crippen LogP contribution in [0.3, 0.4) is 0 Å². The fraction of sp³-hybridized carbons (Fsp3) is 0.368. The number of nitrogens with one attached hydrogen (secondary N) is 1. The molecule has 142 valence electrons. The molecule has 3 heterocycles. The second-order valence-electron chi connectivity index (χ2n) is 7.03. The van der Waals surface area contributed by atoms with Crippen molar-refractivity contribution in [1.82, 2.24) is 15.1 Å². The summed E-state index contributed by atoms with van der Waals surface area (Å²) < 4.78 is 27.9. The number of fused-ring (bicyclic) bond motifs is 1. The molecule has 1 aliphatic rings. The quantitative estimate of drug-likeness (QED) is 0.703. The average molecular weight is 390 g/mol. The molecular weight excluding hydrogens is 370 g/mol. The maximum atomic E-state index is 14.0. The number of rotatable bonds is 3. The van der Waals surface area contributed by atoms with Gasteiger partial charge in [-0.25, -0.2) is 4.39 Å². The first-order chi connectivity index (χ1) is 12.9. The summed E-state index contributed by atoms with van der Waals surface area (Å²) in [6.45, 7) is 3.91. The van der Waals surface area contributed by atoms with E-state index in [1.807, 2.05) is 13.0 Å². The number of aryl methyl sites for hydroxylation is 1. The van der Waals surface area contributed by atoms with Crippen LogP contribution in [0.15, 0.2) is 18.2 Å². The fourth-order valence-electron chi connectivity index (χ4n) is 3.62. The van der Waals surface area contributed by atoms with Crippen LogP contribution in [0.4, 0.5) is 14.6 Å². The standard InChI is InChI=1S/C19H20F2N4OS/c1-10-8-14(22-11-4-3-7-25(2)9-11)23-24-17(10)12-5-6-13-15(18(12)26)16(20)19(21)27-13/h5-6,8,11,26H,3-4,7,9H2,1-2H3,(H,22,23)/t11-/m0/s1. The summed E-state index contributed by atoms with van der Waals surface area (Å²) in [5.74, 6) is -0.665. The first-order valence-corrected chi connectivity index (χ1v) is 9.65. The Bertz CT molecular complexity index is 1010. The van der Waals surface area contributed by atoms with Crippen LogP contribution >= 0.6 is 11.3 Å². The van der Waals surface area contributed by atoms with Crippen LogP contribution in [0.2, 0.25) is 0 Å². The van der Waals surface area contributed by atoms with Crippen LogP contribution in [0, 0.1) is 17.9 Å². The first-order valence-electron chi connectivity index (χ1n) is 8.83. The maximum Gasteiger partial charge on any atom is 0.213 e. The molecule has 1 saturated heterocycles. The van der Waals surface area contributed by atoms with E-state index in [0.29, 0.717) is 39.2 Å². The van der Waals surface area contributed by atoms with Crippen LogP contribution in [0.1, 0.15) is 18.4 Å². The molecule has 2 N–H and O–H groups in total. The predicted molar refractivity (Wildman–Crippen MR) is 103 cm³/mol. The molecule has 1 aromatic carbocycles. The lowest BCUT2D eigenvalue weighted by Gasteiger charge is -2.30. The summed E-state index contributed by atoms with van der Waals surface area (Å²) in [5, 5.41) is 21.3. The van der Waals surface area contributed by atoms with Gasteiger partial charge in [0.1, 0.15) is 11.6 Å². The molecule has 27 heavy (non-hydrogen) atoms. The third-order valence-electron chi connectivity index (χ3n) is 4.95. The Hall–Kier alpha value is -2.32. The van der Waals surface area contributed by atoms with Crippen LogP contribution in [0.25, 0.3) is 21.3 Å². The van der Waals surface area contributed by atoms with Gasteiger partial charge in [-0.3, -0.25) is 0 Å². The topological polar surface area (TPSA) is 61.3 Å². The van der Waals surface area contributed by atoms with Gasteiger partial charge >= 0.3 is 0 Å². The van der Waals surface area contributed by atoms with Crippen molar-refractivity contribution in [2.24, 2.45) is 0 Å². The van der Waals surface area contributed by atoms with E-state index in [2.05, 4.69) is 27.5 Å². The SMILES string of the molecule is Cc1cc(N[C@H]2CCCN(C)C2)nnc1-c1ccc2sc(F)c(F)c2c1O. The average Bonchev–Trinajstić information content (AvgIpc) is 2.91. The number of thiophene rings is 1. The van der Waals surface area contributed by atoms with E-state index in [-0.39, 0.29) is 11.1 Å². The summed E-state index contributed by atoms with van der Waals surface area (Å²) in [5.41, 5.74) is 1.59. The van der Waals surface area contributed by atoms with Crippen molar-refractivity contribution in [2.75, 3.05) is 25.5 Å². The Balaban J connectivity index is 1.66. The molecule has 8 heteroatoms. The number of nitrogens with zero attached hydrogens (tertiary/aromatic N) is 3. The number of piperidine rings is 1. The van der Waals surface area contributed by atoms with E-state index in [4.69, 9.17) is 0 Å². The van der Waals surface area contributed by atoms with Gasteiger partial charge in [-0.1, -0.05) is 0 Å². The number of phenolic OH excluding ortho intramolecular Hbond substituents is 1. The molecule has 1 fully saturated rings. The van der Waals surface area contributed by atoms with E-state index in [9.17, 15) is 13.9 Å². The van der Waals surface area contributed by atoms with Gasteiger partial charge in [-0.05, 0) is 57.1 Å². The van der Waals surface area contributed by atoms with Gasteiger partial charge in [0, 0.05) is 22.8 Å². The van der Waals surface area contributed by atoms with Gasteiger partial charge < -0.3 is 15.3 Å². The zero-order valence-electron chi connectivity index (χ0n) is 15.1. The van der Waals surface area contributed by atoms with Gasteiger partial charge in [0.25, 0.3) is 0 Å². The number of aromatic nitrogens is 2. The minimum absolute atomic E-state index is 0.108. The Labute approximate surface area is 159 Å². The van der Waals surface area contributed by atoms with Crippen LogP contribution in [-0.2, 0) is 0 Å². The highest BCUT2D eigenvalue weighted by Gasteiger charge is 2.21. The fourth-order valence-corrected chi connectivity index (χ4v) is 4.42. The van der Waals surface area contributed by atoms with E-state index in [0.717, 1.165) is 31.5 Å². The molecule has 0 spiro atoms. The molecule has 0 amide bonds. The summed E-state index contributed by atoms with van der Waals surface area (Å²) in [4.78, 5) is 2.28. The number of benzene rings is 1. The highest BCUT2D eigenvalue weighted by Crippen LogP contribution is 2.41. The van der Waals surface area contributed by atoms with E-state index >= 15 is 0 Å². The third-order valence-corrected chi connectivity index (χ3v) is 5.87. The van der Waals surface area contributed by atoms with Crippen molar-refractivity contribution in [3.8, 4) is 17.0 Å². The number of likely N-dealkylation sites (N-methyl/N-ethyl adjacent to an activating group) is 1. The lowest BCUT2D eigenvalue weighted by atomic mass is 10.0. The zero-order valence-corrected chi connectivity index (χ0v) is 15.9. The van der Waals surface area contributed by atoms with Crippen LogP contribution in [0.5, 0.6) is 5.75 Å². The molecule has 0 radical (unpaired) electrons. The predicted octanol–water partition coefficient (Wildman–Crippen LogP) is 4.16. The van der Waals surface area contributed by atoms with Crippen molar-refractivity contribution < 1.29 is 13.9 Å². The smallest absolute Gasteiger partial charge is 0.213 e. The van der Waals surface area contributed by atoms with Crippen LogP contribution in [-0.4, -0.2) is 46.4 Å². The summed E-state index contributed by atoms with van der Waals surface area (Å²) in [6, 6.07) is 5.39. The molecule has 2 aromatic heterocycles. The van der Waals surface area contributed by atoms with Crippen molar-refractivity contribution in [3.05, 3.63) is 34.7 Å². The van der Waals surface area contributed by atoms with Crippen molar-refractivity contribution >= 4 is 27.2 Å². The Morgan fingerprint density at radius 2 is 2.11 bits per heavy atom. The molecule has 0 saturated carbocycles. The minimum atomic E-state index is -1.03. The number of halogens is 2. The van der Waals surface area contributed by atoms with E-state index < -0.39 is 10.9 Å². The third kappa shape index (κ3) is 3.35. The number of hydrogen-bond donors (Lipinski definition) is 2. The Morgan fingerprint density at radius 3 is 2.85 bits per heavy atom. The first kappa shape index (κ1) is 18.1. The number of phenols is 1. The Morgan fingerprint density at radius 1 is 1.30 bits per heavy atom. The number of anilines is 1. The highest BCUT2D eigenvalue weighted by atomic mass is 32.1.